The first kappa shape index (κ1) is 14.9. The van der Waals surface area contributed by atoms with Crippen molar-refractivity contribution in [1.29, 1.82) is 0 Å². The summed E-state index contributed by atoms with van der Waals surface area (Å²) in [6.07, 6.45) is 3.05. The predicted molar refractivity (Wildman–Crippen MR) is 89.6 cm³/mol. The number of rotatable bonds is 2. The molecule has 0 spiro atoms. The van der Waals surface area contributed by atoms with Crippen LogP contribution in [0.3, 0.4) is 0 Å². The zero-order valence-electron chi connectivity index (χ0n) is 13.0. The van der Waals surface area contributed by atoms with E-state index in [1.165, 1.54) is 6.33 Å². The zero-order chi connectivity index (χ0) is 16.7. The van der Waals surface area contributed by atoms with E-state index in [1.54, 1.807) is 29.4 Å². The molecule has 8 nitrogen and oxygen atoms in total. The first-order valence-corrected chi connectivity index (χ1v) is 8.43. The summed E-state index contributed by atoms with van der Waals surface area (Å²) in [6.45, 7) is 4.25. The van der Waals surface area contributed by atoms with E-state index < -0.39 is 0 Å². The number of aromatic nitrogens is 3. The van der Waals surface area contributed by atoms with Crippen LogP contribution < -0.4 is 10.5 Å². The highest BCUT2D eigenvalue weighted by atomic mass is 32.1. The lowest BCUT2D eigenvalue weighted by molar-refractivity contribution is 0.0746. The van der Waals surface area contributed by atoms with Gasteiger partial charge in [-0.25, -0.2) is 9.97 Å². The standard InChI is InChI=1S/C15H15N5O3S/c1-9-10(11-12(21)17-8-18-13(11)23-9)14(22)19-3-5-20(6-4-19)15-16-2-7-24-15/h2,7-8H,3-6H2,1H3,(H,17,18,21). The largest absolute Gasteiger partial charge is 0.442 e. The number of H-pyrrole nitrogens is 1. The number of hydrogen-bond acceptors (Lipinski definition) is 7. The molecule has 0 saturated carbocycles. The molecule has 0 aromatic carbocycles. The van der Waals surface area contributed by atoms with Crippen LogP contribution in [0.4, 0.5) is 5.13 Å². The van der Waals surface area contributed by atoms with Crippen molar-refractivity contribution in [3.8, 4) is 0 Å². The molecule has 124 valence electrons. The number of carbonyl (C=O) groups is 1. The van der Waals surface area contributed by atoms with Crippen LogP contribution in [0.25, 0.3) is 11.1 Å². The molecule has 1 fully saturated rings. The highest BCUT2D eigenvalue weighted by Crippen LogP contribution is 2.24. The van der Waals surface area contributed by atoms with Crippen molar-refractivity contribution in [2.45, 2.75) is 6.92 Å². The summed E-state index contributed by atoms with van der Waals surface area (Å²) in [5.41, 5.74) is 0.143. The minimum Gasteiger partial charge on any atom is -0.442 e. The van der Waals surface area contributed by atoms with Crippen LogP contribution in [0.2, 0.25) is 0 Å². The lowest BCUT2D eigenvalue weighted by Gasteiger charge is -2.34. The molecular formula is C15H15N5O3S. The number of aryl methyl sites for hydroxylation is 1. The molecule has 0 bridgehead atoms. The van der Waals surface area contributed by atoms with Crippen LogP contribution in [0.5, 0.6) is 0 Å². The minimum absolute atomic E-state index is 0.191. The molecule has 0 aliphatic carbocycles. The summed E-state index contributed by atoms with van der Waals surface area (Å²) in [5, 5.41) is 3.13. The van der Waals surface area contributed by atoms with Crippen LogP contribution in [-0.4, -0.2) is 51.9 Å². The minimum atomic E-state index is -0.360. The predicted octanol–water partition coefficient (Wildman–Crippen LogP) is 1.24. The van der Waals surface area contributed by atoms with E-state index in [2.05, 4.69) is 19.9 Å². The molecular weight excluding hydrogens is 330 g/mol. The van der Waals surface area contributed by atoms with Crippen molar-refractivity contribution in [1.82, 2.24) is 19.9 Å². The Kier molecular flexibility index (Phi) is 3.57. The van der Waals surface area contributed by atoms with Crippen LogP contribution in [0.15, 0.2) is 27.1 Å². The van der Waals surface area contributed by atoms with Gasteiger partial charge in [0.2, 0.25) is 5.71 Å². The molecule has 1 N–H and O–H groups in total. The number of thiazole rings is 1. The van der Waals surface area contributed by atoms with Gasteiger partial charge in [-0.1, -0.05) is 0 Å². The average Bonchev–Trinajstić information content (AvgIpc) is 3.22. The summed E-state index contributed by atoms with van der Waals surface area (Å²) in [7, 11) is 0. The van der Waals surface area contributed by atoms with E-state index >= 15 is 0 Å². The maximum Gasteiger partial charge on any atom is 0.262 e. The van der Waals surface area contributed by atoms with Crippen molar-refractivity contribution in [3.63, 3.8) is 0 Å². The summed E-state index contributed by atoms with van der Waals surface area (Å²) >= 11 is 1.59. The molecule has 1 aliphatic rings. The number of nitrogens with zero attached hydrogens (tertiary/aromatic N) is 4. The zero-order valence-corrected chi connectivity index (χ0v) is 13.8. The van der Waals surface area contributed by atoms with E-state index in [9.17, 15) is 9.59 Å². The van der Waals surface area contributed by atoms with Gasteiger partial charge in [0, 0.05) is 37.8 Å². The highest BCUT2D eigenvalue weighted by molar-refractivity contribution is 7.13. The number of hydrogen-bond donors (Lipinski definition) is 1. The molecule has 0 radical (unpaired) electrons. The SMILES string of the molecule is Cc1oc2nc[nH]c(=O)c2c1C(=O)N1CCN(c2nccs2)CC1. The van der Waals surface area contributed by atoms with Gasteiger partial charge < -0.3 is 19.2 Å². The van der Waals surface area contributed by atoms with Crippen molar-refractivity contribution >= 4 is 33.5 Å². The molecule has 24 heavy (non-hydrogen) atoms. The van der Waals surface area contributed by atoms with Crippen molar-refractivity contribution < 1.29 is 9.21 Å². The monoisotopic (exact) mass is 345 g/mol. The third-order valence-electron chi connectivity index (χ3n) is 4.14. The molecule has 1 amide bonds. The van der Waals surface area contributed by atoms with Gasteiger partial charge in [0.1, 0.15) is 11.1 Å². The fourth-order valence-corrected chi connectivity index (χ4v) is 3.64. The number of carbonyl (C=O) groups excluding carboxylic acids is 1. The van der Waals surface area contributed by atoms with Gasteiger partial charge in [-0.15, -0.1) is 11.3 Å². The van der Waals surface area contributed by atoms with Crippen molar-refractivity contribution in [2.24, 2.45) is 0 Å². The Bertz CT molecular complexity index is 938. The second-order valence-electron chi connectivity index (χ2n) is 5.54. The molecule has 1 saturated heterocycles. The van der Waals surface area contributed by atoms with Crippen LogP contribution in [-0.2, 0) is 0 Å². The Morgan fingerprint density at radius 2 is 2.08 bits per heavy atom. The third kappa shape index (κ3) is 2.37. The Morgan fingerprint density at radius 1 is 1.29 bits per heavy atom. The van der Waals surface area contributed by atoms with Crippen molar-refractivity contribution in [2.75, 3.05) is 31.1 Å². The van der Waals surface area contributed by atoms with E-state index in [4.69, 9.17) is 4.42 Å². The average molecular weight is 345 g/mol. The third-order valence-corrected chi connectivity index (χ3v) is 4.97. The van der Waals surface area contributed by atoms with E-state index in [-0.39, 0.29) is 22.6 Å². The van der Waals surface area contributed by atoms with Gasteiger partial charge in [-0.2, -0.15) is 0 Å². The van der Waals surface area contributed by atoms with Gasteiger partial charge in [0.25, 0.3) is 11.5 Å². The first-order valence-electron chi connectivity index (χ1n) is 7.55. The van der Waals surface area contributed by atoms with Crippen molar-refractivity contribution in [3.05, 3.63) is 39.6 Å². The molecule has 4 heterocycles. The summed E-state index contributed by atoms with van der Waals surface area (Å²) in [5.74, 6) is 0.227. The first-order chi connectivity index (χ1) is 11.6. The van der Waals surface area contributed by atoms with Crippen LogP contribution in [0.1, 0.15) is 16.1 Å². The lowest BCUT2D eigenvalue weighted by Crippen LogP contribution is -2.49. The van der Waals surface area contributed by atoms with Gasteiger partial charge in [0.15, 0.2) is 5.13 Å². The molecule has 3 aromatic heterocycles. The Labute approximate surface area is 140 Å². The molecule has 9 heteroatoms. The van der Waals surface area contributed by atoms with E-state index in [0.29, 0.717) is 37.5 Å². The van der Waals surface area contributed by atoms with E-state index in [0.717, 1.165) is 5.13 Å². The number of aromatic amines is 1. The summed E-state index contributed by atoms with van der Waals surface area (Å²) in [4.78, 5) is 39.6. The molecule has 1 aliphatic heterocycles. The highest BCUT2D eigenvalue weighted by Gasteiger charge is 2.28. The van der Waals surface area contributed by atoms with Gasteiger partial charge in [-0.05, 0) is 6.92 Å². The number of fused-ring (bicyclic) bond motifs is 1. The number of amides is 1. The Balaban J connectivity index is 1.59. The summed E-state index contributed by atoms with van der Waals surface area (Å²) < 4.78 is 5.47. The maximum absolute atomic E-state index is 12.9. The van der Waals surface area contributed by atoms with Crippen LogP contribution >= 0.6 is 11.3 Å². The normalized spacial score (nSPS) is 15.2. The fourth-order valence-electron chi connectivity index (χ4n) is 2.94. The quantitative estimate of drug-likeness (QED) is 0.751. The van der Waals surface area contributed by atoms with Gasteiger partial charge in [-0.3, -0.25) is 9.59 Å². The molecule has 0 unspecified atom stereocenters. The molecule has 0 atom stereocenters. The number of anilines is 1. The topological polar surface area (TPSA) is 95.3 Å². The second-order valence-corrected chi connectivity index (χ2v) is 6.41. The Morgan fingerprint density at radius 3 is 2.79 bits per heavy atom. The summed E-state index contributed by atoms with van der Waals surface area (Å²) in [6, 6.07) is 0. The molecule has 3 aromatic rings. The fraction of sp³-hybridized carbons (Fsp3) is 0.333. The smallest absolute Gasteiger partial charge is 0.262 e. The van der Waals surface area contributed by atoms with Crippen LogP contribution in [0, 0.1) is 6.92 Å². The maximum atomic E-state index is 12.9. The van der Waals surface area contributed by atoms with Gasteiger partial charge in [0.05, 0.1) is 11.9 Å². The molecule has 4 rings (SSSR count). The number of nitrogens with one attached hydrogen (secondary N) is 1. The van der Waals surface area contributed by atoms with Gasteiger partial charge >= 0.3 is 0 Å². The lowest BCUT2D eigenvalue weighted by atomic mass is 10.1. The Hall–Kier alpha value is -2.68. The number of furan rings is 1. The second kappa shape index (κ2) is 5.75. The number of piperazine rings is 1. The van der Waals surface area contributed by atoms with E-state index in [1.807, 2.05) is 5.38 Å².